The molecule has 5 nitrogen and oxygen atoms in total. The van der Waals surface area contributed by atoms with Gasteiger partial charge in [-0.15, -0.1) is 0 Å². The average Bonchev–Trinajstić information content (AvgIpc) is 2.95. The summed E-state index contributed by atoms with van der Waals surface area (Å²) in [6.45, 7) is 3.29. The predicted molar refractivity (Wildman–Crippen MR) is 69.6 cm³/mol. The van der Waals surface area contributed by atoms with E-state index in [2.05, 4.69) is 28.4 Å². The molecule has 2 aromatic rings. The van der Waals surface area contributed by atoms with Crippen LogP contribution >= 0.6 is 0 Å². The standard InChI is InChI=1S/C13H18N4O/c1-13(5-4-6-15-13)9-8-17(2)12-11(9)16-10(18-3)7-14-12/h7-8,15H,4-6H2,1-3H3. The van der Waals surface area contributed by atoms with Crippen molar-refractivity contribution in [3.8, 4) is 5.88 Å². The van der Waals surface area contributed by atoms with E-state index in [9.17, 15) is 0 Å². The van der Waals surface area contributed by atoms with E-state index in [1.54, 1.807) is 13.3 Å². The van der Waals surface area contributed by atoms with Gasteiger partial charge in [0.2, 0.25) is 5.88 Å². The molecule has 18 heavy (non-hydrogen) atoms. The fraction of sp³-hybridized carbons (Fsp3) is 0.538. The first-order valence-corrected chi connectivity index (χ1v) is 6.25. The van der Waals surface area contributed by atoms with Gasteiger partial charge in [0.05, 0.1) is 13.3 Å². The number of ether oxygens (including phenoxy) is 1. The van der Waals surface area contributed by atoms with Crippen molar-refractivity contribution < 1.29 is 4.74 Å². The second-order valence-electron chi connectivity index (χ2n) is 5.10. The van der Waals surface area contributed by atoms with Crippen molar-refractivity contribution in [2.75, 3.05) is 13.7 Å². The third kappa shape index (κ3) is 1.58. The number of hydrogen-bond acceptors (Lipinski definition) is 4. The van der Waals surface area contributed by atoms with Crippen LogP contribution in [0.3, 0.4) is 0 Å². The van der Waals surface area contributed by atoms with Gasteiger partial charge in [-0.05, 0) is 26.3 Å². The second kappa shape index (κ2) is 3.95. The molecule has 1 atom stereocenters. The zero-order valence-corrected chi connectivity index (χ0v) is 11.0. The van der Waals surface area contributed by atoms with Gasteiger partial charge in [0.15, 0.2) is 5.65 Å². The highest BCUT2D eigenvalue weighted by Crippen LogP contribution is 2.35. The number of aryl methyl sites for hydroxylation is 1. The highest BCUT2D eigenvalue weighted by Gasteiger charge is 2.33. The summed E-state index contributed by atoms with van der Waals surface area (Å²) in [6, 6.07) is 0. The van der Waals surface area contributed by atoms with E-state index in [4.69, 9.17) is 4.74 Å². The minimum Gasteiger partial charge on any atom is -0.480 e. The average molecular weight is 246 g/mol. The molecule has 96 valence electrons. The van der Waals surface area contributed by atoms with Crippen molar-refractivity contribution >= 4 is 11.2 Å². The second-order valence-corrected chi connectivity index (χ2v) is 5.10. The van der Waals surface area contributed by atoms with Gasteiger partial charge in [0, 0.05) is 24.3 Å². The van der Waals surface area contributed by atoms with Crippen LogP contribution in [0.2, 0.25) is 0 Å². The molecule has 0 amide bonds. The van der Waals surface area contributed by atoms with Gasteiger partial charge in [-0.3, -0.25) is 0 Å². The Morgan fingerprint density at radius 3 is 3.00 bits per heavy atom. The van der Waals surface area contributed by atoms with Crippen LogP contribution in [0.4, 0.5) is 0 Å². The maximum atomic E-state index is 5.18. The molecule has 2 aromatic heterocycles. The maximum absolute atomic E-state index is 5.18. The van der Waals surface area contributed by atoms with E-state index in [-0.39, 0.29) is 5.54 Å². The minimum atomic E-state index is 0.000550. The molecule has 1 unspecified atom stereocenters. The van der Waals surface area contributed by atoms with Crippen molar-refractivity contribution in [1.82, 2.24) is 19.9 Å². The van der Waals surface area contributed by atoms with Crippen LogP contribution < -0.4 is 10.1 Å². The zero-order valence-electron chi connectivity index (χ0n) is 11.0. The van der Waals surface area contributed by atoms with Crippen molar-refractivity contribution in [1.29, 1.82) is 0 Å². The Hall–Kier alpha value is -1.62. The summed E-state index contributed by atoms with van der Waals surface area (Å²) in [5, 5.41) is 3.57. The van der Waals surface area contributed by atoms with E-state index < -0.39 is 0 Å². The molecular formula is C13H18N4O. The molecule has 0 bridgehead atoms. The van der Waals surface area contributed by atoms with E-state index in [0.717, 1.165) is 24.1 Å². The molecule has 0 saturated carbocycles. The van der Waals surface area contributed by atoms with Crippen LogP contribution in [-0.4, -0.2) is 28.2 Å². The lowest BCUT2D eigenvalue weighted by atomic mass is 9.92. The third-order valence-electron chi connectivity index (χ3n) is 3.82. The molecule has 1 saturated heterocycles. The first-order valence-electron chi connectivity index (χ1n) is 6.25. The van der Waals surface area contributed by atoms with Gasteiger partial charge in [-0.2, -0.15) is 0 Å². The summed E-state index contributed by atoms with van der Waals surface area (Å²) >= 11 is 0. The Labute approximate surface area is 106 Å². The highest BCUT2D eigenvalue weighted by atomic mass is 16.5. The maximum Gasteiger partial charge on any atom is 0.232 e. The lowest BCUT2D eigenvalue weighted by Gasteiger charge is -2.23. The van der Waals surface area contributed by atoms with Gasteiger partial charge >= 0.3 is 0 Å². The normalized spacial score (nSPS) is 23.7. The summed E-state index contributed by atoms with van der Waals surface area (Å²) in [4.78, 5) is 8.98. The van der Waals surface area contributed by atoms with Crippen molar-refractivity contribution in [2.45, 2.75) is 25.3 Å². The van der Waals surface area contributed by atoms with Crippen molar-refractivity contribution in [3.63, 3.8) is 0 Å². The number of rotatable bonds is 2. The summed E-state index contributed by atoms with van der Waals surface area (Å²) in [5.74, 6) is 0.566. The topological polar surface area (TPSA) is 52.0 Å². The number of fused-ring (bicyclic) bond motifs is 1. The van der Waals surface area contributed by atoms with E-state index >= 15 is 0 Å². The largest absolute Gasteiger partial charge is 0.480 e. The molecule has 0 aliphatic carbocycles. The molecule has 1 N–H and O–H groups in total. The smallest absolute Gasteiger partial charge is 0.232 e. The highest BCUT2D eigenvalue weighted by molar-refractivity contribution is 5.77. The number of nitrogens with zero attached hydrogens (tertiary/aromatic N) is 3. The summed E-state index contributed by atoms with van der Waals surface area (Å²) < 4.78 is 7.21. The molecule has 0 aromatic carbocycles. The molecule has 0 radical (unpaired) electrons. The summed E-state index contributed by atoms with van der Waals surface area (Å²) in [5.41, 5.74) is 3.05. The molecule has 1 fully saturated rings. The Bertz CT molecular complexity index is 584. The van der Waals surface area contributed by atoms with Crippen LogP contribution in [-0.2, 0) is 12.6 Å². The minimum absolute atomic E-state index is 0.000550. The molecule has 1 aliphatic heterocycles. The molecular weight excluding hydrogens is 228 g/mol. The predicted octanol–water partition coefficient (Wildman–Crippen LogP) is 1.58. The Morgan fingerprint density at radius 2 is 2.33 bits per heavy atom. The van der Waals surface area contributed by atoms with Crippen LogP contribution in [0.5, 0.6) is 5.88 Å². The number of hydrogen-bond donors (Lipinski definition) is 1. The van der Waals surface area contributed by atoms with Crippen LogP contribution in [0.1, 0.15) is 25.3 Å². The third-order valence-corrected chi connectivity index (χ3v) is 3.82. The fourth-order valence-electron chi connectivity index (χ4n) is 2.75. The Balaban J connectivity index is 2.22. The molecule has 0 spiro atoms. The lowest BCUT2D eigenvalue weighted by molar-refractivity contribution is 0.396. The molecule has 3 rings (SSSR count). The fourth-order valence-corrected chi connectivity index (χ4v) is 2.75. The van der Waals surface area contributed by atoms with E-state index in [0.29, 0.717) is 5.88 Å². The van der Waals surface area contributed by atoms with E-state index in [1.165, 1.54) is 12.0 Å². The lowest BCUT2D eigenvalue weighted by Crippen LogP contribution is -2.33. The van der Waals surface area contributed by atoms with Crippen molar-refractivity contribution in [3.05, 3.63) is 18.0 Å². The number of methoxy groups -OCH3 is 1. The van der Waals surface area contributed by atoms with Crippen LogP contribution in [0.15, 0.2) is 12.4 Å². The summed E-state index contributed by atoms with van der Waals surface area (Å²) in [6.07, 6.45) is 6.12. The summed E-state index contributed by atoms with van der Waals surface area (Å²) in [7, 11) is 3.62. The Kier molecular flexibility index (Phi) is 2.52. The quantitative estimate of drug-likeness (QED) is 0.874. The van der Waals surface area contributed by atoms with E-state index in [1.807, 2.05) is 11.6 Å². The SMILES string of the molecule is COc1cnc2c(n1)c(C1(C)CCCN1)cn2C. The monoisotopic (exact) mass is 246 g/mol. The number of nitrogens with one attached hydrogen (secondary N) is 1. The Morgan fingerprint density at radius 1 is 1.50 bits per heavy atom. The van der Waals surface area contributed by atoms with Crippen molar-refractivity contribution in [2.24, 2.45) is 7.05 Å². The number of aromatic nitrogens is 3. The van der Waals surface area contributed by atoms with Gasteiger partial charge in [-0.25, -0.2) is 9.97 Å². The first-order chi connectivity index (χ1) is 8.64. The van der Waals surface area contributed by atoms with Gasteiger partial charge in [0.1, 0.15) is 5.52 Å². The molecule has 3 heterocycles. The van der Waals surface area contributed by atoms with Crippen LogP contribution in [0.25, 0.3) is 11.2 Å². The van der Waals surface area contributed by atoms with Crippen LogP contribution in [0, 0.1) is 0 Å². The van der Waals surface area contributed by atoms with Gasteiger partial charge < -0.3 is 14.6 Å². The first kappa shape index (κ1) is 11.5. The zero-order chi connectivity index (χ0) is 12.8. The molecule has 5 heteroatoms. The van der Waals surface area contributed by atoms with Gasteiger partial charge in [-0.1, -0.05) is 0 Å². The molecule has 1 aliphatic rings. The van der Waals surface area contributed by atoms with Gasteiger partial charge in [0.25, 0.3) is 0 Å².